The lowest BCUT2D eigenvalue weighted by Gasteiger charge is -2.09. The Morgan fingerprint density at radius 3 is 2.78 bits per heavy atom. The first-order chi connectivity index (χ1) is 12.8. The van der Waals surface area contributed by atoms with E-state index in [2.05, 4.69) is 15.3 Å². The van der Waals surface area contributed by atoms with Crippen LogP contribution in [0.4, 0.5) is 0 Å². The second-order valence-electron chi connectivity index (χ2n) is 5.93. The maximum Gasteiger partial charge on any atom is 0.216 e. The van der Waals surface area contributed by atoms with Crippen molar-refractivity contribution >= 4 is 30.0 Å². The highest BCUT2D eigenvalue weighted by atomic mass is 35.5. The summed E-state index contributed by atoms with van der Waals surface area (Å²) in [7, 11) is 0. The average molecular weight is 405 g/mol. The Hall–Kier alpha value is -2.84. The van der Waals surface area contributed by atoms with Crippen molar-refractivity contribution in [2.45, 2.75) is 20.5 Å². The Bertz CT molecular complexity index is 1050. The van der Waals surface area contributed by atoms with Crippen molar-refractivity contribution in [1.29, 1.82) is 0 Å². The van der Waals surface area contributed by atoms with Crippen LogP contribution >= 0.6 is 23.8 Å². The van der Waals surface area contributed by atoms with Gasteiger partial charge in [0.2, 0.25) is 4.77 Å². The van der Waals surface area contributed by atoms with Crippen LogP contribution in [-0.4, -0.2) is 31.3 Å². The molecule has 0 amide bonds. The third-order valence-corrected chi connectivity index (χ3v) is 4.34. The van der Waals surface area contributed by atoms with Gasteiger partial charge in [0.05, 0.1) is 11.2 Å². The smallest absolute Gasteiger partial charge is 0.216 e. The Balaban J connectivity index is 1.81. The summed E-state index contributed by atoms with van der Waals surface area (Å²) in [5.41, 5.74) is 2.66. The summed E-state index contributed by atoms with van der Waals surface area (Å²) in [5.74, 6) is 0.514. The van der Waals surface area contributed by atoms with Crippen molar-refractivity contribution in [2.75, 3.05) is 0 Å². The predicted octanol–water partition coefficient (Wildman–Crippen LogP) is 4.08. The van der Waals surface area contributed by atoms with Gasteiger partial charge in [0, 0.05) is 0 Å². The highest BCUT2D eigenvalue weighted by molar-refractivity contribution is 7.71. The van der Waals surface area contributed by atoms with Crippen LogP contribution in [-0.2, 0) is 6.61 Å². The Morgan fingerprint density at radius 2 is 2.07 bits per heavy atom. The molecule has 0 radical (unpaired) electrons. The topological polar surface area (TPSA) is 95.7 Å². The molecule has 1 heterocycles. The molecule has 0 bridgehead atoms. The predicted molar refractivity (Wildman–Crippen MR) is 105 cm³/mol. The van der Waals surface area contributed by atoms with Gasteiger partial charge in [0.15, 0.2) is 17.3 Å². The number of rotatable bonds is 5. The standard InChI is InChI=1S/C18H17ClN4O3S/c1-10-3-4-15(11(2)5-10)26-9-16-21-22-18(27)23(16)20-8-12-6-13(19)17(25)14(24)7-12/h3-8,24-25H,9H2,1-2H3,(H,22,27)/b20-8+. The molecule has 0 fully saturated rings. The number of phenols is 2. The second-order valence-corrected chi connectivity index (χ2v) is 6.72. The maximum absolute atomic E-state index is 9.64. The monoisotopic (exact) mass is 404 g/mol. The van der Waals surface area contributed by atoms with Crippen molar-refractivity contribution in [3.63, 3.8) is 0 Å². The maximum atomic E-state index is 9.64. The number of ether oxygens (including phenoxy) is 1. The lowest BCUT2D eigenvalue weighted by molar-refractivity contribution is 0.288. The third kappa shape index (κ3) is 4.29. The van der Waals surface area contributed by atoms with E-state index in [4.69, 9.17) is 28.6 Å². The molecule has 0 spiro atoms. The van der Waals surface area contributed by atoms with E-state index in [0.29, 0.717) is 16.2 Å². The van der Waals surface area contributed by atoms with E-state index in [0.717, 1.165) is 16.9 Å². The summed E-state index contributed by atoms with van der Waals surface area (Å²) in [5, 5.41) is 30.2. The number of phenolic OH excluding ortho intramolecular Hbond substituents is 2. The Labute approximate surface area is 165 Å². The van der Waals surface area contributed by atoms with Crippen LogP contribution in [0.2, 0.25) is 5.02 Å². The Kier molecular flexibility index (Phi) is 5.48. The molecule has 0 unspecified atom stereocenters. The van der Waals surface area contributed by atoms with Crippen molar-refractivity contribution < 1.29 is 14.9 Å². The minimum absolute atomic E-state index is 0.0191. The summed E-state index contributed by atoms with van der Waals surface area (Å²) in [4.78, 5) is 0. The van der Waals surface area contributed by atoms with Crippen LogP contribution < -0.4 is 4.74 Å². The molecule has 3 N–H and O–H groups in total. The van der Waals surface area contributed by atoms with Crippen molar-refractivity contribution in [1.82, 2.24) is 14.9 Å². The molecular formula is C18H17ClN4O3S. The number of aromatic amines is 1. The zero-order valence-electron chi connectivity index (χ0n) is 14.6. The lowest BCUT2D eigenvalue weighted by Crippen LogP contribution is -2.05. The third-order valence-electron chi connectivity index (χ3n) is 3.79. The largest absolute Gasteiger partial charge is 0.504 e. The van der Waals surface area contributed by atoms with E-state index < -0.39 is 0 Å². The molecule has 2 aromatic carbocycles. The fraction of sp³-hybridized carbons (Fsp3) is 0.167. The number of aromatic hydroxyl groups is 2. The summed E-state index contributed by atoms with van der Waals surface area (Å²) < 4.78 is 7.52. The van der Waals surface area contributed by atoms with Crippen LogP contribution in [0.5, 0.6) is 17.2 Å². The van der Waals surface area contributed by atoms with Gasteiger partial charge in [-0.2, -0.15) is 14.9 Å². The molecule has 0 saturated heterocycles. The number of hydrogen-bond acceptors (Lipinski definition) is 6. The minimum atomic E-state index is -0.378. The molecule has 0 atom stereocenters. The molecule has 0 saturated carbocycles. The van der Waals surface area contributed by atoms with Gasteiger partial charge in [0.1, 0.15) is 12.4 Å². The van der Waals surface area contributed by atoms with Crippen LogP contribution in [0.1, 0.15) is 22.5 Å². The molecule has 3 aromatic rings. The van der Waals surface area contributed by atoms with Crippen molar-refractivity contribution in [2.24, 2.45) is 5.10 Å². The van der Waals surface area contributed by atoms with Crippen LogP contribution in [0.15, 0.2) is 35.4 Å². The quantitative estimate of drug-likeness (QED) is 0.338. The van der Waals surface area contributed by atoms with Crippen molar-refractivity contribution in [3.05, 3.63) is 62.6 Å². The average Bonchev–Trinajstić information content (AvgIpc) is 2.97. The van der Waals surface area contributed by atoms with E-state index >= 15 is 0 Å². The van der Waals surface area contributed by atoms with Crippen LogP contribution in [0.25, 0.3) is 0 Å². The molecule has 0 aliphatic carbocycles. The summed E-state index contributed by atoms with van der Waals surface area (Å²) in [6.07, 6.45) is 1.44. The molecule has 7 nitrogen and oxygen atoms in total. The van der Waals surface area contributed by atoms with Crippen molar-refractivity contribution in [3.8, 4) is 17.2 Å². The van der Waals surface area contributed by atoms with Gasteiger partial charge in [-0.3, -0.25) is 0 Å². The van der Waals surface area contributed by atoms with E-state index in [9.17, 15) is 10.2 Å². The molecule has 9 heteroatoms. The van der Waals surface area contributed by atoms with Gasteiger partial charge in [-0.05, 0) is 55.4 Å². The highest BCUT2D eigenvalue weighted by Gasteiger charge is 2.09. The zero-order valence-corrected chi connectivity index (χ0v) is 16.2. The number of H-pyrrole nitrogens is 1. The van der Waals surface area contributed by atoms with Gasteiger partial charge in [-0.15, -0.1) is 0 Å². The summed E-state index contributed by atoms with van der Waals surface area (Å²) in [6, 6.07) is 8.71. The van der Waals surface area contributed by atoms with Gasteiger partial charge in [-0.1, -0.05) is 29.3 Å². The molecule has 1 aromatic heterocycles. The molecule has 27 heavy (non-hydrogen) atoms. The fourth-order valence-corrected chi connectivity index (χ4v) is 2.87. The van der Waals surface area contributed by atoms with Gasteiger partial charge >= 0.3 is 0 Å². The first kappa shape index (κ1) is 18.9. The number of benzene rings is 2. The van der Waals surface area contributed by atoms with Crippen LogP contribution in [0, 0.1) is 18.6 Å². The van der Waals surface area contributed by atoms with E-state index in [1.165, 1.54) is 23.0 Å². The fourth-order valence-electron chi connectivity index (χ4n) is 2.44. The number of hydrogen-bond donors (Lipinski definition) is 3. The van der Waals surface area contributed by atoms with Crippen LogP contribution in [0.3, 0.4) is 0 Å². The minimum Gasteiger partial charge on any atom is -0.504 e. The summed E-state index contributed by atoms with van der Waals surface area (Å²) >= 11 is 11.0. The number of aryl methyl sites for hydroxylation is 2. The number of nitrogens with zero attached hydrogens (tertiary/aromatic N) is 3. The SMILES string of the molecule is Cc1ccc(OCc2n[nH]c(=S)n2/N=C/c2cc(O)c(O)c(Cl)c2)c(C)c1. The number of nitrogens with one attached hydrogen (secondary N) is 1. The number of aromatic nitrogens is 3. The van der Waals surface area contributed by atoms with E-state index in [-0.39, 0.29) is 23.1 Å². The second kappa shape index (κ2) is 7.81. The highest BCUT2D eigenvalue weighted by Crippen LogP contribution is 2.33. The molecular weight excluding hydrogens is 388 g/mol. The normalized spacial score (nSPS) is 11.2. The number of halogens is 1. The van der Waals surface area contributed by atoms with Gasteiger partial charge in [-0.25, -0.2) is 5.10 Å². The van der Waals surface area contributed by atoms with E-state index in [1.807, 2.05) is 32.0 Å². The lowest BCUT2D eigenvalue weighted by atomic mass is 10.1. The van der Waals surface area contributed by atoms with Gasteiger partial charge in [0.25, 0.3) is 0 Å². The van der Waals surface area contributed by atoms with E-state index in [1.54, 1.807) is 0 Å². The first-order valence-corrected chi connectivity index (χ1v) is 8.76. The Morgan fingerprint density at radius 1 is 1.30 bits per heavy atom. The molecule has 3 rings (SSSR count). The first-order valence-electron chi connectivity index (χ1n) is 7.97. The van der Waals surface area contributed by atoms with Gasteiger partial charge < -0.3 is 14.9 Å². The molecule has 140 valence electrons. The molecule has 0 aliphatic heterocycles. The summed E-state index contributed by atoms with van der Waals surface area (Å²) in [6.45, 7) is 4.15. The zero-order chi connectivity index (χ0) is 19.6. The molecule has 0 aliphatic rings.